The predicted molar refractivity (Wildman–Crippen MR) is 86.8 cm³/mol. The molecule has 120 valence electrons. The average molecular weight is 303 g/mol. The molecule has 4 nitrogen and oxygen atoms in total. The largest absolute Gasteiger partial charge is 0.484 e. The monoisotopic (exact) mass is 303 g/mol. The van der Waals surface area contributed by atoms with Crippen LogP contribution in [0.15, 0.2) is 36.9 Å². The number of hydrogen-bond donors (Lipinski definition) is 1. The summed E-state index contributed by atoms with van der Waals surface area (Å²) in [6, 6.07) is 7.67. The van der Waals surface area contributed by atoms with Crippen molar-refractivity contribution in [2.24, 2.45) is 5.41 Å². The van der Waals surface area contributed by atoms with Crippen molar-refractivity contribution in [2.75, 3.05) is 26.3 Å². The van der Waals surface area contributed by atoms with Crippen LogP contribution in [0.2, 0.25) is 0 Å². The highest BCUT2D eigenvalue weighted by Gasteiger charge is 2.35. The number of rotatable bonds is 6. The summed E-state index contributed by atoms with van der Waals surface area (Å²) >= 11 is 0. The number of ether oxygens (including phenoxy) is 1. The second kappa shape index (κ2) is 7.45. The Bertz CT molecular complexity index is 529. The number of nitrogens with zero attached hydrogens (tertiary/aromatic N) is 1. The number of aryl methyl sites for hydroxylation is 1. The molecule has 4 heteroatoms. The molecule has 1 heterocycles. The Hall–Kier alpha value is -1.81. The van der Waals surface area contributed by atoms with Crippen LogP contribution in [0.25, 0.3) is 0 Å². The van der Waals surface area contributed by atoms with E-state index in [4.69, 9.17) is 4.74 Å². The molecule has 1 atom stereocenters. The van der Waals surface area contributed by atoms with Crippen molar-refractivity contribution in [1.29, 1.82) is 0 Å². The van der Waals surface area contributed by atoms with Crippen LogP contribution in [0.1, 0.15) is 24.8 Å². The Morgan fingerprint density at radius 2 is 2.27 bits per heavy atom. The molecule has 1 aliphatic rings. The van der Waals surface area contributed by atoms with Crippen LogP contribution in [0.5, 0.6) is 5.75 Å². The smallest absolute Gasteiger partial charge is 0.260 e. The van der Waals surface area contributed by atoms with Crippen molar-refractivity contribution in [3.05, 3.63) is 42.5 Å². The molecule has 0 spiro atoms. The van der Waals surface area contributed by atoms with Crippen molar-refractivity contribution in [3.8, 4) is 5.75 Å². The molecule has 0 aliphatic carbocycles. The van der Waals surface area contributed by atoms with Crippen molar-refractivity contribution < 1.29 is 14.6 Å². The number of benzene rings is 1. The minimum Gasteiger partial charge on any atom is -0.484 e. The van der Waals surface area contributed by atoms with E-state index in [2.05, 4.69) is 6.58 Å². The zero-order valence-electron chi connectivity index (χ0n) is 13.3. The maximum atomic E-state index is 12.4. The maximum Gasteiger partial charge on any atom is 0.260 e. The molecule has 1 saturated heterocycles. The van der Waals surface area contributed by atoms with Crippen LogP contribution in [-0.2, 0) is 4.79 Å². The highest BCUT2D eigenvalue weighted by Crippen LogP contribution is 2.33. The summed E-state index contributed by atoms with van der Waals surface area (Å²) in [5.41, 5.74) is 0.781. The number of amides is 1. The average Bonchev–Trinajstić information content (AvgIpc) is 2.54. The lowest BCUT2D eigenvalue weighted by Crippen LogP contribution is -2.49. The quantitative estimate of drug-likeness (QED) is 0.822. The summed E-state index contributed by atoms with van der Waals surface area (Å²) in [5.74, 6) is 0.720. The van der Waals surface area contributed by atoms with Gasteiger partial charge in [-0.1, -0.05) is 24.3 Å². The number of hydrogen-bond acceptors (Lipinski definition) is 3. The highest BCUT2D eigenvalue weighted by atomic mass is 16.5. The third-order valence-electron chi connectivity index (χ3n) is 4.37. The minimum absolute atomic E-state index is 0.0233. The van der Waals surface area contributed by atoms with Crippen molar-refractivity contribution in [2.45, 2.75) is 26.2 Å². The number of carbonyl (C=O) groups is 1. The number of aliphatic hydroxyl groups is 1. The van der Waals surface area contributed by atoms with Gasteiger partial charge in [-0.15, -0.1) is 6.58 Å². The predicted octanol–water partition coefficient (Wildman–Crippen LogP) is 2.55. The third kappa shape index (κ3) is 3.89. The van der Waals surface area contributed by atoms with E-state index in [1.165, 1.54) is 0 Å². The molecular formula is C18H25NO3. The van der Waals surface area contributed by atoms with Gasteiger partial charge in [-0.2, -0.15) is 0 Å². The van der Waals surface area contributed by atoms with E-state index in [0.717, 1.165) is 37.1 Å². The molecule has 2 rings (SSSR count). The van der Waals surface area contributed by atoms with E-state index in [9.17, 15) is 9.90 Å². The Balaban J connectivity index is 1.94. The summed E-state index contributed by atoms with van der Waals surface area (Å²) in [5, 5.41) is 9.70. The van der Waals surface area contributed by atoms with E-state index in [-0.39, 0.29) is 24.5 Å². The van der Waals surface area contributed by atoms with Gasteiger partial charge < -0.3 is 14.7 Å². The Morgan fingerprint density at radius 3 is 2.95 bits per heavy atom. The van der Waals surface area contributed by atoms with E-state index in [0.29, 0.717) is 6.54 Å². The molecule has 1 aromatic carbocycles. The van der Waals surface area contributed by atoms with E-state index in [1.54, 1.807) is 0 Å². The van der Waals surface area contributed by atoms with Gasteiger partial charge in [0.2, 0.25) is 0 Å². The summed E-state index contributed by atoms with van der Waals surface area (Å²) < 4.78 is 5.64. The van der Waals surface area contributed by atoms with Gasteiger partial charge in [0, 0.05) is 18.5 Å². The Labute approximate surface area is 132 Å². The van der Waals surface area contributed by atoms with Crippen molar-refractivity contribution in [3.63, 3.8) is 0 Å². The number of aliphatic hydroxyl groups excluding tert-OH is 1. The molecule has 0 bridgehead atoms. The lowest BCUT2D eigenvalue weighted by atomic mass is 9.78. The zero-order chi connectivity index (χ0) is 16.0. The first-order valence-corrected chi connectivity index (χ1v) is 7.78. The number of likely N-dealkylation sites (tertiary alicyclic amines) is 1. The van der Waals surface area contributed by atoms with Crippen LogP contribution in [0.4, 0.5) is 0 Å². The fourth-order valence-electron chi connectivity index (χ4n) is 3.04. The van der Waals surface area contributed by atoms with E-state index < -0.39 is 0 Å². The van der Waals surface area contributed by atoms with Crippen LogP contribution in [0.3, 0.4) is 0 Å². The molecule has 0 radical (unpaired) electrons. The minimum atomic E-state index is -0.238. The molecule has 1 unspecified atom stereocenters. The first-order chi connectivity index (χ1) is 10.6. The molecule has 1 aromatic rings. The number of carbonyl (C=O) groups excluding carboxylic acids is 1. The molecule has 1 N–H and O–H groups in total. The summed E-state index contributed by atoms with van der Waals surface area (Å²) in [6.45, 7) is 7.16. The van der Waals surface area contributed by atoms with Gasteiger partial charge in [-0.3, -0.25) is 4.79 Å². The standard InChI is InChI=1S/C18H25NO3/c1-3-9-18(14-20)10-6-11-19(13-18)17(21)12-22-16-8-5-4-7-15(16)2/h3-5,7-8,20H,1,6,9-14H2,2H3. The van der Waals surface area contributed by atoms with Crippen LogP contribution < -0.4 is 4.74 Å². The van der Waals surface area contributed by atoms with Gasteiger partial charge in [0.1, 0.15) is 5.75 Å². The Kier molecular flexibility index (Phi) is 5.61. The first-order valence-electron chi connectivity index (χ1n) is 7.78. The third-order valence-corrected chi connectivity index (χ3v) is 4.37. The fraction of sp³-hybridized carbons (Fsp3) is 0.500. The van der Waals surface area contributed by atoms with Crippen LogP contribution in [-0.4, -0.2) is 42.2 Å². The number of para-hydroxylation sites is 1. The molecule has 1 aliphatic heterocycles. The van der Waals surface area contributed by atoms with Crippen LogP contribution >= 0.6 is 0 Å². The second-order valence-electron chi connectivity index (χ2n) is 6.12. The number of allylic oxidation sites excluding steroid dienone is 1. The maximum absolute atomic E-state index is 12.4. The Morgan fingerprint density at radius 1 is 1.50 bits per heavy atom. The topological polar surface area (TPSA) is 49.8 Å². The van der Waals surface area contributed by atoms with Crippen LogP contribution in [0, 0.1) is 12.3 Å². The number of piperidine rings is 1. The zero-order valence-corrected chi connectivity index (χ0v) is 13.3. The van der Waals surface area contributed by atoms with Gasteiger partial charge >= 0.3 is 0 Å². The molecule has 1 amide bonds. The summed E-state index contributed by atoms with van der Waals surface area (Å²) in [7, 11) is 0. The second-order valence-corrected chi connectivity index (χ2v) is 6.12. The summed E-state index contributed by atoms with van der Waals surface area (Å²) in [4.78, 5) is 14.2. The lowest BCUT2D eigenvalue weighted by molar-refractivity contribution is -0.137. The van der Waals surface area contributed by atoms with Crippen molar-refractivity contribution in [1.82, 2.24) is 4.90 Å². The van der Waals surface area contributed by atoms with E-state index >= 15 is 0 Å². The van der Waals surface area contributed by atoms with Gasteiger partial charge in [0.25, 0.3) is 5.91 Å². The van der Waals surface area contributed by atoms with Gasteiger partial charge in [0.15, 0.2) is 6.61 Å². The fourth-order valence-corrected chi connectivity index (χ4v) is 3.04. The van der Waals surface area contributed by atoms with Gasteiger partial charge in [-0.25, -0.2) is 0 Å². The van der Waals surface area contributed by atoms with Gasteiger partial charge in [0.05, 0.1) is 6.61 Å². The molecular weight excluding hydrogens is 278 g/mol. The molecule has 22 heavy (non-hydrogen) atoms. The first kappa shape index (κ1) is 16.6. The summed E-state index contributed by atoms with van der Waals surface area (Å²) in [6.07, 6.45) is 4.39. The van der Waals surface area contributed by atoms with E-state index in [1.807, 2.05) is 42.2 Å². The lowest BCUT2D eigenvalue weighted by Gasteiger charge is -2.41. The normalized spacial score (nSPS) is 21.5. The van der Waals surface area contributed by atoms with Gasteiger partial charge in [-0.05, 0) is 37.8 Å². The van der Waals surface area contributed by atoms with Crippen molar-refractivity contribution >= 4 is 5.91 Å². The SMILES string of the molecule is C=CCC1(CO)CCCN(C(=O)COc2ccccc2C)C1. The molecule has 0 aromatic heterocycles. The highest BCUT2D eigenvalue weighted by molar-refractivity contribution is 5.78. The molecule has 1 fully saturated rings. The molecule has 0 saturated carbocycles.